The van der Waals surface area contributed by atoms with Crippen molar-refractivity contribution < 1.29 is 23.2 Å². The topological polar surface area (TPSA) is 65.1 Å². The van der Waals surface area contributed by atoms with E-state index in [4.69, 9.17) is 14.2 Å². The molecule has 0 bridgehead atoms. The van der Waals surface area contributed by atoms with E-state index in [1.165, 1.54) is 0 Å². The molecule has 35 heavy (non-hydrogen) atoms. The summed E-state index contributed by atoms with van der Waals surface area (Å²) in [6.07, 6.45) is 2.13. The number of hydrogen-bond donors (Lipinski definition) is 0. The SMILES string of the molecule is O=C(Cc1cccc(-c2ccc(S(=O)N3CCOCC3)cc2)c1)C1(c2ccc3c(c2)OCO3)CC1. The van der Waals surface area contributed by atoms with Gasteiger partial charge < -0.3 is 14.2 Å². The third-order valence-corrected chi connectivity index (χ3v) is 8.60. The van der Waals surface area contributed by atoms with Gasteiger partial charge in [-0.1, -0.05) is 42.5 Å². The molecule has 0 radical (unpaired) electrons. The number of carbonyl (C=O) groups excluding carboxylic acids is 1. The summed E-state index contributed by atoms with van der Waals surface area (Å²) >= 11 is 0. The predicted octanol–water partition coefficient (Wildman–Crippen LogP) is 4.28. The van der Waals surface area contributed by atoms with E-state index in [9.17, 15) is 9.00 Å². The monoisotopic (exact) mass is 489 g/mol. The van der Waals surface area contributed by atoms with Gasteiger partial charge >= 0.3 is 0 Å². The molecule has 2 heterocycles. The lowest BCUT2D eigenvalue weighted by Gasteiger charge is -2.25. The first kappa shape index (κ1) is 22.5. The number of Topliss-reactive ketones (excluding diaryl/α,β-unsaturated/α-hetero) is 1. The Balaban J connectivity index is 1.17. The van der Waals surface area contributed by atoms with Gasteiger partial charge in [-0.25, -0.2) is 8.51 Å². The molecule has 3 aromatic carbocycles. The van der Waals surface area contributed by atoms with E-state index in [1.54, 1.807) is 0 Å². The second kappa shape index (κ2) is 9.22. The number of benzene rings is 3. The minimum atomic E-state index is -1.18. The summed E-state index contributed by atoms with van der Waals surface area (Å²) in [7, 11) is -1.18. The highest BCUT2D eigenvalue weighted by molar-refractivity contribution is 7.82. The van der Waals surface area contributed by atoms with E-state index >= 15 is 0 Å². The maximum absolute atomic E-state index is 13.4. The van der Waals surface area contributed by atoms with Crippen molar-refractivity contribution in [3.05, 3.63) is 77.9 Å². The summed E-state index contributed by atoms with van der Waals surface area (Å²) in [5, 5.41) is 0. The van der Waals surface area contributed by atoms with Gasteiger partial charge in [0.15, 0.2) is 11.5 Å². The number of fused-ring (bicyclic) bond motifs is 1. The summed E-state index contributed by atoms with van der Waals surface area (Å²) in [5.41, 5.74) is 3.69. The highest BCUT2D eigenvalue weighted by Gasteiger charge is 2.50. The van der Waals surface area contributed by atoms with Crippen LogP contribution in [0.1, 0.15) is 24.0 Å². The van der Waals surface area contributed by atoms with Crippen LogP contribution in [0.3, 0.4) is 0 Å². The average Bonchev–Trinajstić information content (AvgIpc) is 3.60. The lowest BCUT2D eigenvalue weighted by molar-refractivity contribution is -0.120. The van der Waals surface area contributed by atoms with Crippen LogP contribution in [-0.2, 0) is 32.4 Å². The highest BCUT2D eigenvalue weighted by atomic mass is 32.2. The molecular weight excluding hydrogens is 462 g/mol. The second-order valence-corrected chi connectivity index (χ2v) is 10.8. The van der Waals surface area contributed by atoms with Crippen LogP contribution in [0, 0.1) is 0 Å². The van der Waals surface area contributed by atoms with Crippen LogP contribution in [-0.4, -0.2) is 47.4 Å². The Hall–Kier alpha value is -3.00. The third kappa shape index (κ3) is 4.40. The van der Waals surface area contributed by atoms with Gasteiger partial charge in [0.05, 0.1) is 23.5 Å². The average molecular weight is 490 g/mol. The number of nitrogens with zero attached hydrogens (tertiary/aromatic N) is 1. The molecule has 6 nitrogen and oxygen atoms in total. The van der Waals surface area contributed by atoms with E-state index in [-0.39, 0.29) is 12.6 Å². The lowest BCUT2D eigenvalue weighted by atomic mass is 9.87. The van der Waals surface area contributed by atoms with Crippen LogP contribution in [0.5, 0.6) is 11.5 Å². The number of carbonyl (C=O) groups is 1. The molecule has 2 fully saturated rings. The van der Waals surface area contributed by atoms with Crippen molar-refractivity contribution in [2.75, 3.05) is 33.1 Å². The van der Waals surface area contributed by atoms with Crippen molar-refractivity contribution in [1.29, 1.82) is 0 Å². The second-order valence-electron chi connectivity index (χ2n) is 9.27. The molecule has 0 spiro atoms. The molecule has 3 aromatic rings. The van der Waals surface area contributed by atoms with E-state index in [2.05, 4.69) is 6.07 Å². The van der Waals surface area contributed by atoms with Crippen molar-refractivity contribution >= 4 is 16.8 Å². The van der Waals surface area contributed by atoms with Crippen molar-refractivity contribution in [1.82, 2.24) is 4.31 Å². The first-order chi connectivity index (χ1) is 17.1. The normalized spacial score (nSPS) is 19.3. The molecule has 1 saturated heterocycles. The summed E-state index contributed by atoms with van der Waals surface area (Å²) in [5.74, 6) is 1.70. The maximum Gasteiger partial charge on any atom is 0.231 e. The zero-order valence-corrected chi connectivity index (χ0v) is 20.2. The minimum absolute atomic E-state index is 0.233. The molecule has 180 valence electrons. The van der Waals surface area contributed by atoms with Gasteiger partial charge in [-0.05, 0) is 59.4 Å². The molecule has 1 atom stereocenters. The summed E-state index contributed by atoms with van der Waals surface area (Å²) < 4.78 is 31.1. The van der Waals surface area contributed by atoms with Crippen molar-refractivity contribution in [3.63, 3.8) is 0 Å². The van der Waals surface area contributed by atoms with Crippen LogP contribution in [0.4, 0.5) is 0 Å². The zero-order valence-electron chi connectivity index (χ0n) is 19.4. The van der Waals surface area contributed by atoms with E-state index in [0.717, 1.165) is 51.5 Å². The Morgan fingerprint density at radius 3 is 2.43 bits per heavy atom. The Bertz CT molecular complexity index is 1280. The molecule has 0 amide bonds. The van der Waals surface area contributed by atoms with Crippen LogP contribution in [0.15, 0.2) is 71.6 Å². The Morgan fingerprint density at radius 1 is 0.886 bits per heavy atom. The molecule has 1 unspecified atom stereocenters. The third-order valence-electron chi connectivity index (χ3n) is 7.09. The maximum atomic E-state index is 13.4. The fourth-order valence-corrected chi connectivity index (χ4v) is 6.04. The summed E-state index contributed by atoms with van der Waals surface area (Å²) in [4.78, 5) is 14.2. The van der Waals surface area contributed by atoms with Crippen LogP contribution < -0.4 is 9.47 Å². The zero-order chi connectivity index (χ0) is 23.8. The molecule has 2 aliphatic heterocycles. The van der Waals surface area contributed by atoms with E-state index in [1.807, 2.05) is 65.0 Å². The fraction of sp³-hybridized carbons (Fsp3) is 0.321. The molecule has 7 heteroatoms. The van der Waals surface area contributed by atoms with Crippen molar-refractivity contribution in [2.24, 2.45) is 0 Å². The first-order valence-corrected chi connectivity index (χ1v) is 13.1. The quantitative estimate of drug-likeness (QED) is 0.496. The minimum Gasteiger partial charge on any atom is -0.454 e. The molecular formula is C28H27NO5S. The Labute approximate surface area is 207 Å². The lowest BCUT2D eigenvalue weighted by Crippen LogP contribution is -2.37. The largest absolute Gasteiger partial charge is 0.454 e. The Morgan fingerprint density at radius 2 is 1.66 bits per heavy atom. The standard InChI is InChI=1S/C28H27NO5S/c30-27(28(10-11-28)23-6-9-25-26(18-23)34-19-33-25)17-20-2-1-3-22(16-20)21-4-7-24(8-5-21)35(31)29-12-14-32-15-13-29/h1-9,16,18H,10-15,17,19H2. The fourth-order valence-electron chi connectivity index (χ4n) is 4.89. The molecule has 3 aliphatic rings. The Kier molecular flexibility index (Phi) is 5.92. The summed E-state index contributed by atoms with van der Waals surface area (Å²) in [6, 6.07) is 21.9. The first-order valence-electron chi connectivity index (χ1n) is 12.0. The van der Waals surface area contributed by atoms with Gasteiger partial charge in [0, 0.05) is 19.5 Å². The number of ether oxygens (including phenoxy) is 3. The highest BCUT2D eigenvalue weighted by Crippen LogP contribution is 2.51. The molecule has 6 rings (SSSR count). The molecule has 1 saturated carbocycles. The molecule has 0 aromatic heterocycles. The van der Waals surface area contributed by atoms with Gasteiger partial charge in [0.2, 0.25) is 6.79 Å². The predicted molar refractivity (Wildman–Crippen MR) is 133 cm³/mol. The van der Waals surface area contributed by atoms with Gasteiger partial charge in [-0.2, -0.15) is 0 Å². The van der Waals surface area contributed by atoms with Crippen LogP contribution >= 0.6 is 0 Å². The number of hydrogen-bond acceptors (Lipinski definition) is 5. The van der Waals surface area contributed by atoms with Gasteiger partial charge in [-0.15, -0.1) is 0 Å². The summed E-state index contributed by atoms with van der Waals surface area (Å²) in [6.45, 7) is 2.82. The van der Waals surface area contributed by atoms with Crippen LogP contribution in [0.2, 0.25) is 0 Å². The molecule has 0 N–H and O–H groups in total. The van der Waals surface area contributed by atoms with Crippen molar-refractivity contribution in [2.45, 2.75) is 29.6 Å². The van der Waals surface area contributed by atoms with Gasteiger partial charge in [0.25, 0.3) is 0 Å². The molecule has 1 aliphatic carbocycles. The van der Waals surface area contributed by atoms with Crippen LogP contribution in [0.25, 0.3) is 11.1 Å². The number of morpholine rings is 1. The van der Waals surface area contributed by atoms with Gasteiger partial charge in [-0.3, -0.25) is 4.79 Å². The smallest absolute Gasteiger partial charge is 0.231 e. The van der Waals surface area contributed by atoms with Gasteiger partial charge in [0.1, 0.15) is 16.8 Å². The van der Waals surface area contributed by atoms with Crippen molar-refractivity contribution in [3.8, 4) is 22.6 Å². The van der Waals surface area contributed by atoms with E-state index < -0.39 is 16.4 Å². The van der Waals surface area contributed by atoms with E-state index in [0.29, 0.717) is 32.7 Å². The number of ketones is 1. The number of rotatable bonds is 7.